The number of hydrogen-bond donors (Lipinski definition) is 2. The van der Waals surface area contributed by atoms with Gasteiger partial charge in [0.25, 0.3) is 5.91 Å². The summed E-state index contributed by atoms with van der Waals surface area (Å²) < 4.78 is 4.76. The number of aryl methyl sites for hydroxylation is 1. The minimum absolute atomic E-state index is 0.0318. The third kappa shape index (κ3) is 3.38. The fraction of sp³-hybridized carbons (Fsp3) is 0.500. The highest BCUT2D eigenvalue weighted by molar-refractivity contribution is 5.94. The number of amides is 1. The summed E-state index contributed by atoms with van der Waals surface area (Å²) >= 11 is 0. The molecule has 0 saturated carbocycles. The van der Waals surface area contributed by atoms with Gasteiger partial charge in [-0.25, -0.2) is 0 Å². The molecule has 1 amide bonds. The van der Waals surface area contributed by atoms with Gasteiger partial charge in [-0.2, -0.15) is 0 Å². The molecular weight excluding hydrogens is 212 g/mol. The maximum atomic E-state index is 11.6. The Morgan fingerprint density at radius 1 is 1.62 bits per heavy atom. The molecule has 1 atom stereocenters. The molecule has 1 heterocycles. The quantitative estimate of drug-likeness (QED) is 0.780. The first-order valence-electron chi connectivity index (χ1n) is 4.94. The van der Waals surface area contributed by atoms with Crippen LogP contribution in [0.5, 0.6) is 0 Å². The van der Waals surface area contributed by atoms with Crippen molar-refractivity contribution < 1.29 is 19.2 Å². The molecule has 0 spiro atoms. The van der Waals surface area contributed by atoms with Crippen LogP contribution in [-0.4, -0.2) is 28.2 Å². The Balaban J connectivity index is 2.46. The Bertz CT molecular complexity index is 386. The number of nitrogens with one attached hydrogen (secondary N) is 1. The number of carboxylic acids is 1. The zero-order chi connectivity index (χ0) is 12.1. The van der Waals surface area contributed by atoms with Crippen LogP contribution in [-0.2, 0) is 4.79 Å². The highest BCUT2D eigenvalue weighted by atomic mass is 16.5. The Morgan fingerprint density at radius 3 is 2.81 bits per heavy atom. The Kier molecular flexibility index (Phi) is 4.04. The molecule has 0 aliphatic heterocycles. The van der Waals surface area contributed by atoms with E-state index in [1.807, 2.05) is 0 Å². The maximum absolute atomic E-state index is 11.6. The Morgan fingerprint density at radius 2 is 2.31 bits per heavy atom. The summed E-state index contributed by atoms with van der Waals surface area (Å²) in [6, 6.07) is -0.196. The minimum atomic E-state index is -0.873. The monoisotopic (exact) mass is 226 g/mol. The van der Waals surface area contributed by atoms with E-state index in [9.17, 15) is 9.59 Å². The normalized spacial score (nSPS) is 12.1. The van der Waals surface area contributed by atoms with Crippen LogP contribution in [0.1, 0.15) is 35.9 Å². The standard InChI is InChI=1S/C10H14N2O4/c1-6(3-4-9(13)14)12-10(15)8-5-11-16-7(8)2/h5-6H,3-4H2,1-2H3,(H,12,15)(H,13,14). The van der Waals surface area contributed by atoms with Crippen LogP contribution in [0.4, 0.5) is 0 Å². The van der Waals surface area contributed by atoms with Gasteiger partial charge in [-0.1, -0.05) is 5.16 Å². The average molecular weight is 226 g/mol. The van der Waals surface area contributed by atoms with Gasteiger partial charge in [-0.05, 0) is 20.3 Å². The van der Waals surface area contributed by atoms with Gasteiger partial charge >= 0.3 is 5.97 Å². The molecule has 0 bridgehead atoms. The van der Waals surface area contributed by atoms with Crippen molar-refractivity contribution in [1.29, 1.82) is 0 Å². The fourth-order valence-electron chi connectivity index (χ4n) is 1.23. The first-order valence-corrected chi connectivity index (χ1v) is 4.94. The lowest BCUT2D eigenvalue weighted by Gasteiger charge is -2.11. The van der Waals surface area contributed by atoms with E-state index in [1.54, 1.807) is 13.8 Å². The molecule has 88 valence electrons. The van der Waals surface area contributed by atoms with Crippen molar-refractivity contribution in [1.82, 2.24) is 10.5 Å². The summed E-state index contributed by atoms with van der Waals surface area (Å²) in [4.78, 5) is 22.0. The van der Waals surface area contributed by atoms with Crippen molar-refractivity contribution in [2.45, 2.75) is 32.7 Å². The van der Waals surface area contributed by atoms with Gasteiger partial charge in [0.1, 0.15) is 11.3 Å². The van der Waals surface area contributed by atoms with Gasteiger partial charge in [-0.15, -0.1) is 0 Å². The van der Waals surface area contributed by atoms with Crippen LogP contribution >= 0.6 is 0 Å². The first kappa shape index (κ1) is 12.2. The van der Waals surface area contributed by atoms with Crippen molar-refractivity contribution in [3.8, 4) is 0 Å². The molecule has 0 aliphatic rings. The molecule has 1 rings (SSSR count). The summed E-state index contributed by atoms with van der Waals surface area (Å²) in [7, 11) is 0. The minimum Gasteiger partial charge on any atom is -0.481 e. The summed E-state index contributed by atoms with van der Waals surface area (Å²) in [5, 5.41) is 14.7. The van der Waals surface area contributed by atoms with E-state index < -0.39 is 5.97 Å². The van der Waals surface area contributed by atoms with Crippen LogP contribution in [0.25, 0.3) is 0 Å². The molecule has 1 aromatic heterocycles. The number of nitrogens with zero attached hydrogens (tertiary/aromatic N) is 1. The number of carbonyl (C=O) groups is 2. The molecule has 0 aliphatic carbocycles. The molecule has 0 fully saturated rings. The zero-order valence-corrected chi connectivity index (χ0v) is 9.19. The highest BCUT2D eigenvalue weighted by Crippen LogP contribution is 2.06. The van der Waals surface area contributed by atoms with E-state index in [1.165, 1.54) is 6.20 Å². The second-order valence-electron chi connectivity index (χ2n) is 3.60. The van der Waals surface area contributed by atoms with Gasteiger partial charge in [0, 0.05) is 12.5 Å². The molecule has 0 saturated heterocycles. The molecule has 2 N–H and O–H groups in total. The third-order valence-corrected chi connectivity index (χ3v) is 2.16. The van der Waals surface area contributed by atoms with Crippen molar-refractivity contribution in [2.75, 3.05) is 0 Å². The number of aromatic nitrogens is 1. The van der Waals surface area contributed by atoms with Gasteiger partial charge < -0.3 is 14.9 Å². The van der Waals surface area contributed by atoms with E-state index in [2.05, 4.69) is 10.5 Å². The van der Waals surface area contributed by atoms with Crippen LogP contribution in [0.2, 0.25) is 0 Å². The molecule has 0 radical (unpaired) electrons. The van der Waals surface area contributed by atoms with E-state index in [4.69, 9.17) is 9.63 Å². The van der Waals surface area contributed by atoms with Crippen molar-refractivity contribution in [2.24, 2.45) is 0 Å². The average Bonchev–Trinajstić information content (AvgIpc) is 2.61. The van der Waals surface area contributed by atoms with Crippen molar-refractivity contribution >= 4 is 11.9 Å². The van der Waals surface area contributed by atoms with Crippen molar-refractivity contribution in [3.05, 3.63) is 17.5 Å². The van der Waals surface area contributed by atoms with E-state index in [0.29, 0.717) is 17.7 Å². The summed E-state index contributed by atoms with van der Waals surface area (Å²) in [5.74, 6) is -0.721. The molecule has 0 aromatic carbocycles. The van der Waals surface area contributed by atoms with Crippen LogP contribution in [0, 0.1) is 6.92 Å². The smallest absolute Gasteiger partial charge is 0.303 e. The number of aliphatic carboxylic acids is 1. The van der Waals surface area contributed by atoms with Crippen LogP contribution < -0.4 is 5.32 Å². The lowest BCUT2D eigenvalue weighted by Crippen LogP contribution is -2.33. The second kappa shape index (κ2) is 5.29. The van der Waals surface area contributed by atoms with Crippen molar-refractivity contribution in [3.63, 3.8) is 0 Å². The zero-order valence-electron chi connectivity index (χ0n) is 9.19. The van der Waals surface area contributed by atoms with Gasteiger partial charge in [0.15, 0.2) is 0 Å². The van der Waals surface area contributed by atoms with Gasteiger partial charge in [-0.3, -0.25) is 9.59 Å². The molecule has 6 nitrogen and oxygen atoms in total. The molecule has 1 unspecified atom stereocenters. The second-order valence-corrected chi connectivity index (χ2v) is 3.60. The lowest BCUT2D eigenvalue weighted by molar-refractivity contribution is -0.137. The number of carbonyl (C=O) groups excluding carboxylic acids is 1. The number of carboxylic acid groups (broad SMARTS) is 1. The SMILES string of the molecule is Cc1oncc1C(=O)NC(C)CCC(=O)O. The largest absolute Gasteiger partial charge is 0.481 e. The van der Waals surface area contributed by atoms with E-state index >= 15 is 0 Å². The summed E-state index contributed by atoms with van der Waals surface area (Å²) in [6.07, 6.45) is 1.77. The molecule has 1 aromatic rings. The molecular formula is C10H14N2O4. The van der Waals surface area contributed by atoms with E-state index in [-0.39, 0.29) is 18.4 Å². The Hall–Kier alpha value is -1.85. The predicted molar refractivity (Wildman–Crippen MR) is 55.0 cm³/mol. The number of rotatable bonds is 5. The third-order valence-electron chi connectivity index (χ3n) is 2.16. The maximum Gasteiger partial charge on any atom is 0.303 e. The van der Waals surface area contributed by atoms with E-state index in [0.717, 1.165) is 0 Å². The van der Waals surface area contributed by atoms with Crippen LogP contribution in [0.15, 0.2) is 10.7 Å². The molecule has 16 heavy (non-hydrogen) atoms. The van der Waals surface area contributed by atoms with Gasteiger partial charge in [0.2, 0.25) is 0 Å². The first-order chi connectivity index (χ1) is 7.50. The highest BCUT2D eigenvalue weighted by Gasteiger charge is 2.15. The van der Waals surface area contributed by atoms with Crippen LogP contribution in [0.3, 0.4) is 0 Å². The number of hydrogen-bond acceptors (Lipinski definition) is 4. The molecule has 6 heteroatoms. The topological polar surface area (TPSA) is 92.4 Å². The van der Waals surface area contributed by atoms with Gasteiger partial charge in [0.05, 0.1) is 6.20 Å². The summed E-state index contributed by atoms with van der Waals surface area (Å²) in [5.41, 5.74) is 0.377. The fourth-order valence-corrected chi connectivity index (χ4v) is 1.23. The Labute approximate surface area is 92.6 Å². The summed E-state index contributed by atoms with van der Waals surface area (Å²) in [6.45, 7) is 3.40. The predicted octanol–water partition coefficient (Wildman–Crippen LogP) is 0.966. The lowest BCUT2D eigenvalue weighted by atomic mass is 10.1.